The highest BCUT2D eigenvalue weighted by atomic mass is 16.2. The van der Waals surface area contributed by atoms with Crippen molar-refractivity contribution in [3.63, 3.8) is 0 Å². The molecule has 1 heterocycles. The highest BCUT2D eigenvalue weighted by molar-refractivity contribution is 5.78. The van der Waals surface area contributed by atoms with Gasteiger partial charge in [0, 0.05) is 19.0 Å². The third-order valence-corrected chi connectivity index (χ3v) is 4.38. The van der Waals surface area contributed by atoms with Crippen LogP contribution >= 0.6 is 0 Å². The molecule has 2 nitrogen and oxygen atoms in total. The van der Waals surface area contributed by atoms with Crippen LogP contribution in [0.25, 0.3) is 0 Å². The second-order valence-electron chi connectivity index (χ2n) is 6.37. The maximum atomic E-state index is 12.7. The van der Waals surface area contributed by atoms with Crippen LogP contribution < -0.4 is 0 Å². The molecule has 19 heavy (non-hydrogen) atoms. The number of amides is 1. The van der Waals surface area contributed by atoms with E-state index in [-0.39, 0.29) is 0 Å². The van der Waals surface area contributed by atoms with Crippen LogP contribution in [0.1, 0.15) is 78.6 Å². The fraction of sp³-hybridized carbons (Fsp3) is 0.941. The monoisotopic (exact) mass is 267 g/mol. The summed E-state index contributed by atoms with van der Waals surface area (Å²) in [7, 11) is 0. The Kier molecular flexibility index (Phi) is 8.16. The van der Waals surface area contributed by atoms with Crippen molar-refractivity contribution < 1.29 is 4.79 Å². The molecule has 1 aliphatic heterocycles. The van der Waals surface area contributed by atoms with Crippen molar-refractivity contribution in [2.45, 2.75) is 78.6 Å². The second kappa shape index (κ2) is 9.39. The van der Waals surface area contributed by atoms with Crippen LogP contribution in [-0.4, -0.2) is 23.9 Å². The van der Waals surface area contributed by atoms with Gasteiger partial charge in [0.15, 0.2) is 0 Å². The third-order valence-electron chi connectivity index (χ3n) is 4.38. The van der Waals surface area contributed by atoms with Gasteiger partial charge < -0.3 is 4.90 Å². The van der Waals surface area contributed by atoms with Crippen LogP contribution in [0, 0.1) is 11.8 Å². The lowest BCUT2D eigenvalue weighted by Gasteiger charge is -2.33. The van der Waals surface area contributed by atoms with Gasteiger partial charge in [-0.25, -0.2) is 0 Å². The van der Waals surface area contributed by atoms with Gasteiger partial charge in [-0.1, -0.05) is 52.9 Å². The van der Waals surface area contributed by atoms with Crippen LogP contribution in [0.15, 0.2) is 0 Å². The molecule has 0 aromatic heterocycles. The first kappa shape index (κ1) is 16.5. The minimum Gasteiger partial charge on any atom is -0.342 e. The van der Waals surface area contributed by atoms with E-state index >= 15 is 0 Å². The number of carbonyl (C=O) groups is 1. The number of unbranched alkanes of at least 4 members (excludes halogenated alkanes) is 3. The Balaban J connectivity index is 2.48. The van der Waals surface area contributed by atoms with E-state index in [1.54, 1.807) is 0 Å². The van der Waals surface area contributed by atoms with Crippen LogP contribution in [0.5, 0.6) is 0 Å². The fourth-order valence-corrected chi connectivity index (χ4v) is 3.13. The number of carbonyl (C=O) groups excluding carboxylic acids is 1. The van der Waals surface area contributed by atoms with Crippen molar-refractivity contribution in [2.75, 3.05) is 13.1 Å². The quantitative estimate of drug-likeness (QED) is 0.587. The SMILES string of the molecule is CCCCCC(CCCC)C(=O)N1CCCC(C)C1. The number of rotatable bonds is 8. The van der Waals surface area contributed by atoms with Crippen molar-refractivity contribution in [2.24, 2.45) is 11.8 Å². The highest BCUT2D eigenvalue weighted by Gasteiger charge is 2.26. The van der Waals surface area contributed by atoms with E-state index in [0.29, 0.717) is 17.7 Å². The molecule has 1 rings (SSSR count). The van der Waals surface area contributed by atoms with E-state index < -0.39 is 0 Å². The summed E-state index contributed by atoms with van der Waals surface area (Å²) in [6.07, 6.45) is 10.8. The largest absolute Gasteiger partial charge is 0.342 e. The lowest BCUT2D eigenvalue weighted by atomic mass is 9.92. The zero-order valence-corrected chi connectivity index (χ0v) is 13.3. The summed E-state index contributed by atoms with van der Waals surface area (Å²) in [5.41, 5.74) is 0. The minimum absolute atomic E-state index is 0.303. The molecular weight excluding hydrogens is 234 g/mol. The van der Waals surface area contributed by atoms with Crippen molar-refractivity contribution in [1.82, 2.24) is 4.90 Å². The number of likely N-dealkylation sites (tertiary alicyclic amines) is 1. The summed E-state index contributed by atoms with van der Waals surface area (Å²) < 4.78 is 0. The maximum Gasteiger partial charge on any atom is 0.225 e. The van der Waals surface area contributed by atoms with Gasteiger partial charge in [0.25, 0.3) is 0 Å². The molecule has 2 unspecified atom stereocenters. The van der Waals surface area contributed by atoms with Crippen molar-refractivity contribution in [3.05, 3.63) is 0 Å². The lowest BCUT2D eigenvalue weighted by Crippen LogP contribution is -2.42. The Hall–Kier alpha value is -0.530. The van der Waals surface area contributed by atoms with Crippen LogP contribution in [0.3, 0.4) is 0 Å². The summed E-state index contributed by atoms with van der Waals surface area (Å²) in [5.74, 6) is 1.45. The normalized spacial score (nSPS) is 21.4. The highest BCUT2D eigenvalue weighted by Crippen LogP contribution is 2.23. The smallest absolute Gasteiger partial charge is 0.225 e. The predicted octanol–water partition coefficient (Wildman–Crippen LogP) is 4.63. The van der Waals surface area contributed by atoms with E-state index in [1.807, 2.05) is 0 Å². The first-order valence-corrected chi connectivity index (χ1v) is 8.47. The molecule has 0 N–H and O–H groups in total. The van der Waals surface area contributed by atoms with Gasteiger partial charge >= 0.3 is 0 Å². The second-order valence-corrected chi connectivity index (χ2v) is 6.37. The molecule has 0 bridgehead atoms. The molecule has 0 aromatic rings. The average molecular weight is 267 g/mol. The molecule has 0 radical (unpaired) electrons. The average Bonchev–Trinajstić information content (AvgIpc) is 2.42. The van der Waals surface area contributed by atoms with Gasteiger partial charge in [0.1, 0.15) is 0 Å². The van der Waals surface area contributed by atoms with Gasteiger partial charge in [0.05, 0.1) is 0 Å². The van der Waals surface area contributed by atoms with Crippen LogP contribution in [-0.2, 0) is 4.79 Å². The molecule has 0 aromatic carbocycles. The molecule has 1 amide bonds. The molecule has 0 saturated carbocycles. The number of nitrogens with zero attached hydrogens (tertiary/aromatic N) is 1. The Morgan fingerprint density at radius 3 is 2.47 bits per heavy atom. The fourth-order valence-electron chi connectivity index (χ4n) is 3.13. The van der Waals surface area contributed by atoms with Gasteiger partial charge in [-0.15, -0.1) is 0 Å². The van der Waals surface area contributed by atoms with Crippen LogP contribution in [0.4, 0.5) is 0 Å². The summed E-state index contributed by atoms with van der Waals surface area (Å²) in [5, 5.41) is 0. The zero-order valence-electron chi connectivity index (χ0n) is 13.3. The molecule has 0 spiro atoms. The molecular formula is C17H33NO. The van der Waals surface area contributed by atoms with Crippen molar-refractivity contribution >= 4 is 5.91 Å². The number of piperidine rings is 1. The molecule has 2 atom stereocenters. The summed E-state index contributed by atoms with van der Waals surface area (Å²) in [6.45, 7) is 8.72. The van der Waals surface area contributed by atoms with E-state index in [9.17, 15) is 4.79 Å². The van der Waals surface area contributed by atoms with Gasteiger partial charge in [-0.2, -0.15) is 0 Å². The predicted molar refractivity (Wildman–Crippen MR) is 82.1 cm³/mol. The van der Waals surface area contributed by atoms with Gasteiger partial charge in [-0.3, -0.25) is 4.79 Å². The van der Waals surface area contributed by atoms with E-state index in [4.69, 9.17) is 0 Å². The van der Waals surface area contributed by atoms with Crippen molar-refractivity contribution in [3.8, 4) is 0 Å². The Morgan fingerprint density at radius 2 is 1.84 bits per heavy atom. The molecule has 112 valence electrons. The lowest BCUT2D eigenvalue weighted by molar-refractivity contribution is -0.137. The Morgan fingerprint density at radius 1 is 1.16 bits per heavy atom. The molecule has 1 saturated heterocycles. The summed E-state index contributed by atoms with van der Waals surface area (Å²) in [6, 6.07) is 0. The van der Waals surface area contributed by atoms with E-state index in [1.165, 1.54) is 44.9 Å². The first-order valence-electron chi connectivity index (χ1n) is 8.47. The first-order chi connectivity index (χ1) is 9.19. The standard InChI is InChI=1S/C17H33NO/c1-4-6-8-12-16(11-7-5-2)17(19)18-13-9-10-15(3)14-18/h15-16H,4-14H2,1-3H3. The molecule has 0 aliphatic carbocycles. The maximum absolute atomic E-state index is 12.7. The minimum atomic E-state index is 0.303. The number of hydrogen-bond acceptors (Lipinski definition) is 1. The third kappa shape index (κ3) is 5.97. The zero-order chi connectivity index (χ0) is 14.1. The van der Waals surface area contributed by atoms with Gasteiger partial charge in [-0.05, 0) is 31.6 Å². The topological polar surface area (TPSA) is 20.3 Å². The van der Waals surface area contributed by atoms with Crippen LogP contribution in [0.2, 0.25) is 0 Å². The van der Waals surface area contributed by atoms with Gasteiger partial charge in [0.2, 0.25) is 5.91 Å². The Labute approximate surface area is 119 Å². The number of hydrogen-bond donors (Lipinski definition) is 0. The van der Waals surface area contributed by atoms with E-state index in [0.717, 1.165) is 25.9 Å². The summed E-state index contributed by atoms with van der Waals surface area (Å²) >= 11 is 0. The van der Waals surface area contributed by atoms with Crippen molar-refractivity contribution in [1.29, 1.82) is 0 Å². The van der Waals surface area contributed by atoms with E-state index in [2.05, 4.69) is 25.7 Å². The molecule has 1 aliphatic rings. The summed E-state index contributed by atoms with van der Waals surface area (Å²) in [4.78, 5) is 14.8. The Bertz CT molecular complexity index is 252. The molecule has 2 heteroatoms. The molecule has 1 fully saturated rings.